The van der Waals surface area contributed by atoms with Crippen LogP contribution in [0.5, 0.6) is 0 Å². The van der Waals surface area contributed by atoms with E-state index >= 15 is 0 Å². The number of hydrogen-bond acceptors (Lipinski definition) is 7. The number of nitrogens with one attached hydrogen (secondary N) is 1. The van der Waals surface area contributed by atoms with Crippen LogP contribution in [0, 0.1) is 5.41 Å². The van der Waals surface area contributed by atoms with Crippen LogP contribution in [-0.2, 0) is 16.8 Å². The van der Waals surface area contributed by atoms with Gasteiger partial charge in [0.15, 0.2) is 0 Å². The zero-order valence-electron chi connectivity index (χ0n) is 35.3. The Kier molecular flexibility index (Phi) is 15.9. The molecule has 1 aliphatic heterocycles. The Morgan fingerprint density at radius 3 is 2.36 bits per heavy atom. The van der Waals surface area contributed by atoms with Gasteiger partial charge >= 0.3 is 29.6 Å². The monoisotopic (exact) mass is 884 g/mol. The number of nitrogens with zero attached hydrogens (tertiary/aromatic N) is 3. The minimum Gasteiger partial charge on any atom is -0.550 e. The summed E-state index contributed by atoms with van der Waals surface area (Å²) in [5, 5.41) is 25.7. The molecule has 0 radical (unpaired) electrons. The number of halogens is 2. The Balaban J connectivity index is 0.000000259. The van der Waals surface area contributed by atoms with E-state index in [4.69, 9.17) is 28.2 Å². The molecule has 8 rings (SSSR count). The number of pyridine rings is 1. The smallest absolute Gasteiger partial charge is 0.550 e. The maximum atomic E-state index is 12.4. The van der Waals surface area contributed by atoms with E-state index in [1.54, 1.807) is 0 Å². The third kappa shape index (κ3) is 12.7. The number of carbonyl (C=O) groups is 2. The number of aromatic amines is 1. The van der Waals surface area contributed by atoms with Crippen molar-refractivity contribution in [3.05, 3.63) is 147 Å². The number of hydrogen-bond donors (Lipinski definition) is 2. The first-order chi connectivity index (χ1) is 28.7. The van der Waals surface area contributed by atoms with Crippen LogP contribution in [0.3, 0.4) is 0 Å². The molecule has 1 amide bonds. The summed E-state index contributed by atoms with van der Waals surface area (Å²) in [5.74, 6) is -0.0986. The first-order valence-electron chi connectivity index (χ1n) is 20.5. The molecule has 1 atom stereocenters. The zero-order valence-corrected chi connectivity index (χ0v) is 39.6. The molecule has 2 fully saturated rings. The maximum absolute atomic E-state index is 12.4. The number of piperazine rings is 1. The van der Waals surface area contributed by atoms with Crippen LogP contribution >= 0.6 is 35.0 Å². The number of aromatic nitrogens is 2. The van der Waals surface area contributed by atoms with E-state index < -0.39 is 11.6 Å². The Morgan fingerprint density at radius 2 is 1.62 bits per heavy atom. The molecule has 1 saturated carbocycles. The van der Waals surface area contributed by atoms with Gasteiger partial charge in [0, 0.05) is 63.7 Å². The van der Waals surface area contributed by atoms with E-state index in [1.807, 2.05) is 109 Å². The number of aliphatic carboxylic acids is 1. The standard InChI is InChI=1S/C35H36ClNO3S.C14H16ClN3O.Na/c1-34(2,40)30-9-4-3-7-25(30)13-17-32(41-23-35(18-19-35)22-33(38)39)27-8-5-6-24(20-27)10-15-29-16-12-26-11-14-28(36)21-31(26)37-29;1-17-4-6-18(7-5-17)14(19)13-9-10-8-11(15)2-3-12(10)16-13;/h3-12,14-16,20-21,32,40H,13,17-19,22-23H2,1-2H3,(H,38,39);2-3,8-9,16H,4-7H2,1H3;/q;;+1/p-1/b15-10+;;/t32-;;/m1../s1. The van der Waals surface area contributed by atoms with Crippen LogP contribution in [-0.4, -0.2) is 75.7 Å². The molecule has 4 aromatic carbocycles. The Morgan fingerprint density at radius 1 is 0.902 bits per heavy atom. The van der Waals surface area contributed by atoms with E-state index in [2.05, 4.69) is 53.3 Å². The number of benzene rings is 4. The molecule has 2 aliphatic rings. The third-order valence-corrected chi connectivity index (χ3v) is 13.6. The Hall–Kier alpha value is -3.64. The number of amides is 1. The van der Waals surface area contributed by atoms with Crippen LogP contribution < -0.4 is 34.7 Å². The van der Waals surface area contributed by atoms with Gasteiger partial charge in [-0.15, -0.1) is 0 Å². The summed E-state index contributed by atoms with van der Waals surface area (Å²) >= 11 is 14.0. The average Bonchev–Trinajstić information content (AvgIpc) is 3.85. The first-order valence-corrected chi connectivity index (χ1v) is 22.3. The number of fused-ring (bicyclic) bond motifs is 2. The van der Waals surface area contributed by atoms with Crippen LogP contribution in [0.2, 0.25) is 10.0 Å². The van der Waals surface area contributed by atoms with Crippen molar-refractivity contribution in [1.29, 1.82) is 0 Å². The van der Waals surface area contributed by atoms with Gasteiger partial charge in [-0.25, -0.2) is 4.98 Å². The second-order valence-electron chi connectivity index (χ2n) is 16.7. The summed E-state index contributed by atoms with van der Waals surface area (Å²) in [7, 11) is 2.08. The van der Waals surface area contributed by atoms with Gasteiger partial charge in [0.1, 0.15) is 5.69 Å². The molecule has 3 heterocycles. The average molecular weight is 886 g/mol. The van der Waals surface area contributed by atoms with Gasteiger partial charge in [-0.1, -0.05) is 89.9 Å². The van der Waals surface area contributed by atoms with Crippen LogP contribution in [0.25, 0.3) is 34.0 Å². The summed E-state index contributed by atoms with van der Waals surface area (Å²) in [4.78, 5) is 35.8. The largest absolute Gasteiger partial charge is 1.00 e. The number of carbonyl (C=O) groups excluding carboxylic acids is 2. The molecular formula is C49H51Cl2N4NaO4S. The molecular weight excluding hydrogens is 835 g/mol. The topological polar surface area (TPSA) is 113 Å². The number of aliphatic hydroxyl groups is 1. The van der Waals surface area contributed by atoms with Crippen molar-refractivity contribution in [2.24, 2.45) is 5.41 Å². The van der Waals surface area contributed by atoms with Crippen molar-refractivity contribution < 1.29 is 49.4 Å². The SMILES string of the molecule is CC(C)(O)c1ccccc1CC[C@@H](SCC1(CC(=O)[O-])CC1)c1cccc(/C=C/c2ccc3ccc(Cl)cc3n2)c1.CN1CCN(C(=O)c2cc3cc(Cl)ccc3[nH]2)CC1.[Na+]. The normalized spacial score (nSPS) is 15.6. The van der Waals surface area contributed by atoms with Gasteiger partial charge in [-0.2, -0.15) is 11.8 Å². The fourth-order valence-corrected chi connectivity index (χ4v) is 9.66. The fraction of sp³-hybridized carbons (Fsp3) is 0.327. The second kappa shape index (κ2) is 20.7. The summed E-state index contributed by atoms with van der Waals surface area (Å²) in [6, 6.07) is 33.8. The second-order valence-corrected chi connectivity index (χ2v) is 18.8. The van der Waals surface area contributed by atoms with E-state index in [1.165, 1.54) is 5.56 Å². The zero-order chi connectivity index (χ0) is 42.4. The molecule has 8 nitrogen and oxygen atoms in total. The summed E-state index contributed by atoms with van der Waals surface area (Å²) in [6.07, 6.45) is 7.78. The van der Waals surface area contributed by atoms with Gasteiger partial charge < -0.3 is 29.8 Å². The molecule has 0 spiro atoms. The molecule has 312 valence electrons. The van der Waals surface area contributed by atoms with Crippen molar-refractivity contribution in [3.8, 4) is 0 Å². The number of carboxylic acids is 1. The molecule has 61 heavy (non-hydrogen) atoms. The van der Waals surface area contributed by atoms with Crippen molar-refractivity contribution >= 4 is 80.8 Å². The number of aryl methyl sites for hydroxylation is 1. The molecule has 0 unspecified atom stereocenters. The predicted molar refractivity (Wildman–Crippen MR) is 245 cm³/mol. The minimum atomic E-state index is -0.963. The van der Waals surface area contributed by atoms with Crippen molar-refractivity contribution in [2.75, 3.05) is 39.0 Å². The first kappa shape index (κ1) is 46.9. The number of H-pyrrole nitrogens is 1. The van der Waals surface area contributed by atoms with Crippen molar-refractivity contribution in [1.82, 2.24) is 19.8 Å². The van der Waals surface area contributed by atoms with Gasteiger partial charge in [0.25, 0.3) is 5.91 Å². The number of rotatable bonds is 13. The number of thioether (sulfide) groups is 1. The maximum Gasteiger partial charge on any atom is 1.00 e. The fourth-order valence-electron chi connectivity index (χ4n) is 7.74. The molecule has 2 N–H and O–H groups in total. The van der Waals surface area contributed by atoms with Crippen LogP contribution in [0.15, 0.2) is 103 Å². The van der Waals surface area contributed by atoms with Crippen LogP contribution in [0.4, 0.5) is 0 Å². The molecule has 2 aromatic heterocycles. The molecule has 6 aromatic rings. The van der Waals surface area contributed by atoms with E-state index in [0.29, 0.717) is 15.7 Å². The van der Waals surface area contributed by atoms with E-state index in [0.717, 1.165) is 102 Å². The summed E-state index contributed by atoms with van der Waals surface area (Å²) in [6.45, 7) is 7.07. The summed E-state index contributed by atoms with van der Waals surface area (Å²) in [5.41, 5.74) is 6.62. The Bertz CT molecular complexity index is 2510. The van der Waals surface area contributed by atoms with Gasteiger partial charge in [-0.05, 0) is 135 Å². The summed E-state index contributed by atoms with van der Waals surface area (Å²) < 4.78 is 0. The minimum absolute atomic E-state index is 0. The predicted octanol–water partition coefficient (Wildman–Crippen LogP) is 6.83. The van der Waals surface area contributed by atoms with E-state index in [-0.39, 0.29) is 52.6 Å². The Labute approximate surface area is 395 Å². The number of carboxylic acid groups (broad SMARTS) is 1. The van der Waals surface area contributed by atoms with Crippen molar-refractivity contribution in [3.63, 3.8) is 0 Å². The van der Waals surface area contributed by atoms with Gasteiger partial charge in [0.05, 0.1) is 16.8 Å². The molecule has 12 heteroatoms. The molecule has 1 saturated heterocycles. The third-order valence-electron chi connectivity index (χ3n) is 11.4. The van der Waals surface area contributed by atoms with Gasteiger partial charge in [-0.3, -0.25) is 4.79 Å². The quantitative estimate of drug-likeness (QED) is 0.123. The van der Waals surface area contributed by atoms with Crippen LogP contribution in [0.1, 0.15) is 83.2 Å². The van der Waals surface area contributed by atoms with Crippen molar-refractivity contribution in [2.45, 2.75) is 56.8 Å². The van der Waals surface area contributed by atoms with E-state index in [9.17, 15) is 19.8 Å². The number of likely N-dealkylation sites (N-methyl/N-ethyl adjacent to an activating group) is 1. The molecule has 0 bridgehead atoms. The molecule has 1 aliphatic carbocycles. The van der Waals surface area contributed by atoms with Gasteiger partial charge in [0.2, 0.25) is 0 Å².